The summed E-state index contributed by atoms with van der Waals surface area (Å²) in [5.41, 5.74) is 5.90. The number of nitrogens with two attached hydrogens (primary N) is 1. The van der Waals surface area contributed by atoms with Gasteiger partial charge in [0.1, 0.15) is 6.04 Å². The van der Waals surface area contributed by atoms with Crippen LogP contribution in [-0.2, 0) is 19.2 Å². The molecule has 2 rings (SSSR count). The van der Waals surface area contributed by atoms with Gasteiger partial charge in [0.2, 0.25) is 17.7 Å². The Balaban J connectivity index is 2.01. The van der Waals surface area contributed by atoms with E-state index in [0.29, 0.717) is 25.8 Å². The highest BCUT2D eigenvalue weighted by molar-refractivity contribution is 5.95. The Kier molecular flexibility index (Phi) is 7.89. The first-order valence-electron chi connectivity index (χ1n) is 10.4. The van der Waals surface area contributed by atoms with Gasteiger partial charge in [0.25, 0.3) is 5.79 Å². The number of carbonyl (C=O) groups excluding carboxylic acids is 4. The fourth-order valence-corrected chi connectivity index (χ4v) is 4.09. The minimum atomic E-state index is -5.40. The van der Waals surface area contributed by atoms with Crippen LogP contribution in [0.5, 0.6) is 0 Å². The van der Waals surface area contributed by atoms with Crippen LogP contribution in [0.3, 0.4) is 0 Å². The molecular formula is C19H29F3N4O6. The SMILES string of the molecule is CC(=O)N1CCCC1C(=O)CC(N)C(=O)N1CCCC1C(=O)NC(C)C(O)(O)C(F)(F)F. The first-order chi connectivity index (χ1) is 14.7. The van der Waals surface area contributed by atoms with E-state index in [9.17, 15) is 42.6 Å². The highest BCUT2D eigenvalue weighted by Crippen LogP contribution is 2.31. The molecule has 2 saturated heterocycles. The third-order valence-corrected chi connectivity index (χ3v) is 5.99. The number of alkyl halides is 3. The van der Waals surface area contributed by atoms with E-state index in [2.05, 4.69) is 0 Å². The van der Waals surface area contributed by atoms with Crippen molar-refractivity contribution in [3.8, 4) is 0 Å². The summed E-state index contributed by atoms with van der Waals surface area (Å²) < 4.78 is 38.3. The Hall–Kier alpha value is -2.25. The zero-order valence-electron chi connectivity index (χ0n) is 17.9. The Morgan fingerprint density at radius 2 is 1.59 bits per heavy atom. The van der Waals surface area contributed by atoms with Gasteiger partial charge in [-0.3, -0.25) is 19.2 Å². The molecule has 10 nitrogen and oxygen atoms in total. The predicted octanol–water partition coefficient (Wildman–Crippen LogP) is -0.977. The average molecular weight is 466 g/mol. The summed E-state index contributed by atoms with van der Waals surface area (Å²) in [4.78, 5) is 52.0. The molecule has 5 N–H and O–H groups in total. The van der Waals surface area contributed by atoms with Crippen LogP contribution in [-0.4, -0.2) is 92.7 Å². The maximum absolute atomic E-state index is 12.8. The Labute approximate surface area is 182 Å². The van der Waals surface area contributed by atoms with Crippen molar-refractivity contribution in [2.75, 3.05) is 13.1 Å². The summed E-state index contributed by atoms with van der Waals surface area (Å²) >= 11 is 0. The number of hydrogen-bond donors (Lipinski definition) is 4. The minimum Gasteiger partial charge on any atom is -0.357 e. The second-order valence-corrected chi connectivity index (χ2v) is 8.29. The van der Waals surface area contributed by atoms with Gasteiger partial charge in [-0.15, -0.1) is 0 Å². The Morgan fingerprint density at radius 3 is 2.12 bits per heavy atom. The molecule has 182 valence electrons. The lowest BCUT2D eigenvalue weighted by Crippen LogP contribution is -2.62. The average Bonchev–Trinajstić information content (AvgIpc) is 3.35. The van der Waals surface area contributed by atoms with Crippen LogP contribution in [0.15, 0.2) is 0 Å². The monoisotopic (exact) mass is 466 g/mol. The normalized spacial score (nSPS) is 23.8. The third kappa shape index (κ3) is 5.38. The molecule has 0 aromatic heterocycles. The minimum absolute atomic E-state index is 0.110. The number of nitrogens with zero attached hydrogens (tertiary/aromatic N) is 2. The number of likely N-dealkylation sites (tertiary alicyclic amines) is 2. The first-order valence-corrected chi connectivity index (χ1v) is 10.4. The summed E-state index contributed by atoms with van der Waals surface area (Å²) in [5, 5.41) is 20.5. The topological polar surface area (TPSA) is 153 Å². The summed E-state index contributed by atoms with van der Waals surface area (Å²) in [7, 11) is 0. The van der Waals surface area contributed by atoms with Crippen LogP contribution in [0.25, 0.3) is 0 Å². The van der Waals surface area contributed by atoms with Gasteiger partial charge < -0.3 is 31.1 Å². The number of Topliss-reactive ketones (excluding diaryl/α,β-unsaturated/α-hetero) is 1. The van der Waals surface area contributed by atoms with Crippen LogP contribution in [0.1, 0.15) is 46.0 Å². The Morgan fingerprint density at radius 1 is 1.06 bits per heavy atom. The van der Waals surface area contributed by atoms with Crippen LogP contribution >= 0.6 is 0 Å². The first kappa shape index (κ1) is 26.0. The number of halogens is 3. The lowest BCUT2D eigenvalue weighted by atomic mass is 10.0. The fourth-order valence-electron chi connectivity index (χ4n) is 4.09. The van der Waals surface area contributed by atoms with E-state index in [1.165, 1.54) is 11.8 Å². The molecule has 0 aromatic carbocycles. The number of carbonyl (C=O) groups is 4. The predicted molar refractivity (Wildman–Crippen MR) is 104 cm³/mol. The van der Waals surface area contributed by atoms with Crippen LogP contribution in [0, 0.1) is 0 Å². The van der Waals surface area contributed by atoms with E-state index in [4.69, 9.17) is 5.73 Å². The summed E-state index contributed by atoms with van der Waals surface area (Å²) in [6, 6.07) is -5.19. The molecule has 0 spiro atoms. The van der Waals surface area contributed by atoms with Gasteiger partial charge in [0, 0.05) is 26.4 Å². The van der Waals surface area contributed by atoms with Crippen molar-refractivity contribution in [2.24, 2.45) is 5.73 Å². The van der Waals surface area contributed by atoms with E-state index < -0.39 is 47.9 Å². The fraction of sp³-hybridized carbons (Fsp3) is 0.789. The summed E-state index contributed by atoms with van der Waals surface area (Å²) in [6.45, 7) is 2.67. The second kappa shape index (κ2) is 9.71. The molecule has 2 aliphatic rings. The smallest absolute Gasteiger partial charge is 0.357 e. The van der Waals surface area contributed by atoms with Gasteiger partial charge in [-0.05, 0) is 32.6 Å². The molecule has 2 fully saturated rings. The maximum atomic E-state index is 12.8. The summed E-state index contributed by atoms with van der Waals surface area (Å²) in [5.74, 6) is -6.48. The van der Waals surface area contributed by atoms with Gasteiger partial charge in [0.15, 0.2) is 5.78 Å². The molecule has 0 aromatic rings. The Bertz CT molecular complexity index is 760. The molecule has 4 atom stereocenters. The zero-order chi connectivity index (χ0) is 24.4. The summed E-state index contributed by atoms with van der Waals surface area (Å²) in [6.07, 6.45) is -4.11. The molecule has 0 saturated carbocycles. The third-order valence-electron chi connectivity index (χ3n) is 5.99. The standard InChI is InChI=1S/C19H29F3N4O6/c1-10(18(31,32)19(20,21)22)24-16(29)14-6-4-8-26(14)17(30)12(23)9-15(28)13-5-3-7-25(13)11(2)27/h10,12-14,31-32H,3-9,23H2,1-2H3,(H,24,29). The lowest BCUT2D eigenvalue weighted by molar-refractivity contribution is -0.357. The molecule has 32 heavy (non-hydrogen) atoms. The number of ketones is 1. The highest BCUT2D eigenvalue weighted by Gasteiger charge is 2.57. The molecule has 0 radical (unpaired) electrons. The van der Waals surface area contributed by atoms with Crippen molar-refractivity contribution < 1.29 is 42.6 Å². The van der Waals surface area contributed by atoms with Gasteiger partial charge in [0.05, 0.1) is 18.1 Å². The van der Waals surface area contributed by atoms with E-state index in [1.807, 2.05) is 5.32 Å². The van der Waals surface area contributed by atoms with Crippen LogP contribution < -0.4 is 11.1 Å². The van der Waals surface area contributed by atoms with Crippen molar-refractivity contribution in [1.29, 1.82) is 0 Å². The van der Waals surface area contributed by atoms with Crippen molar-refractivity contribution >= 4 is 23.5 Å². The number of amides is 3. The van der Waals surface area contributed by atoms with Crippen molar-refractivity contribution in [3.05, 3.63) is 0 Å². The molecule has 0 bridgehead atoms. The van der Waals surface area contributed by atoms with E-state index in [1.54, 1.807) is 0 Å². The largest absolute Gasteiger partial charge is 0.445 e. The van der Waals surface area contributed by atoms with Crippen LogP contribution in [0.2, 0.25) is 0 Å². The van der Waals surface area contributed by atoms with E-state index in [0.717, 1.165) is 11.8 Å². The zero-order valence-corrected chi connectivity index (χ0v) is 17.9. The van der Waals surface area contributed by atoms with Gasteiger partial charge in [-0.1, -0.05) is 0 Å². The number of hydrogen-bond acceptors (Lipinski definition) is 7. The second-order valence-electron chi connectivity index (χ2n) is 8.29. The maximum Gasteiger partial charge on any atom is 0.445 e. The van der Waals surface area contributed by atoms with Gasteiger partial charge in [-0.25, -0.2) is 0 Å². The number of aliphatic hydroxyl groups is 2. The lowest BCUT2D eigenvalue weighted by Gasteiger charge is -2.33. The quantitative estimate of drug-likeness (QED) is 0.352. The molecular weight excluding hydrogens is 437 g/mol. The van der Waals surface area contributed by atoms with Gasteiger partial charge in [-0.2, -0.15) is 13.2 Å². The van der Waals surface area contributed by atoms with E-state index in [-0.39, 0.29) is 31.1 Å². The molecule has 0 aliphatic carbocycles. The van der Waals surface area contributed by atoms with Crippen molar-refractivity contribution in [3.63, 3.8) is 0 Å². The highest BCUT2D eigenvalue weighted by atomic mass is 19.4. The molecule has 2 aliphatic heterocycles. The molecule has 13 heteroatoms. The van der Waals surface area contributed by atoms with Crippen molar-refractivity contribution in [2.45, 2.75) is 82.1 Å². The molecule has 4 unspecified atom stereocenters. The molecule has 2 heterocycles. The van der Waals surface area contributed by atoms with Crippen LogP contribution in [0.4, 0.5) is 13.2 Å². The van der Waals surface area contributed by atoms with Crippen molar-refractivity contribution in [1.82, 2.24) is 15.1 Å². The number of rotatable bonds is 7. The molecule has 3 amide bonds. The van der Waals surface area contributed by atoms with Gasteiger partial charge >= 0.3 is 6.18 Å². The number of nitrogens with one attached hydrogen (secondary N) is 1. The van der Waals surface area contributed by atoms with E-state index >= 15 is 0 Å².